The van der Waals surface area contributed by atoms with Crippen LogP contribution < -0.4 is 0 Å². The second-order valence-electron chi connectivity index (χ2n) is 5.65. The van der Waals surface area contributed by atoms with E-state index in [-0.39, 0.29) is 10.6 Å². The molecular weight excluding hydrogens is 266 g/mol. The third-order valence-corrected chi connectivity index (χ3v) is 3.78. The van der Waals surface area contributed by atoms with Crippen LogP contribution in [0.25, 0.3) is 0 Å². The molecule has 1 rings (SSSR count). The molecule has 0 radical (unpaired) electrons. The molecule has 1 aromatic rings. The minimum absolute atomic E-state index is 0.108. The summed E-state index contributed by atoms with van der Waals surface area (Å²) in [6.07, 6.45) is 9.09. The van der Waals surface area contributed by atoms with Crippen molar-refractivity contribution >= 4 is 5.69 Å². The average Bonchev–Trinajstić information content (AvgIpc) is 2.46. The highest BCUT2D eigenvalue weighted by Crippen LogP contribution is 2.20. The van der Waals surface area contributed by atoms with E-state index in [0.29, 0.717) is 12.0 Å². The summed E-state index contributed by atoms with van der Waals surface area (Å²) in [5, 5.41) is 20.9. The summed E-state index contributed by atoms with van der Waals surface area (Å²) in [5.74, 6) is 0. The van der Waals surface area contributed by atoms with Gasteiger partial charge in [0.05, 0.1) is 11.0 Å². The van der Waals surface area contributed by atoms with E-state index in [1.54, 1.807) is 18.2 Å². The van der Waals surface area contributed by atoms with Crippen LogP contribution >= 0.6 is 0 Å². The van der Waals surface area contributed by atoms with Gasteiger partial charge in [-0.3, -0.25) is 10.1 Å². The number of aliphatic hydroxyl groups is 1. The number of aliphatic hydroxyl groups excluding tert-OH is 1. The van der Waals surface area contributed by atoms with Gasteiger partial charge < -0.3 is 5.11 Å². The van der Waals surface area contributed by atoms with Gasteiger partial charge >= 0.3 is 0 Å². The monoisotopic (exact) mass is 293 g/mol. The Labute approximate surface area is 127 Å². The molecule has 0 aliphatic heterocycles. The van der Waals surface area contributed by atoms with Crippen molar-refractivity contribution < 1.29 is 10.0 Å². The van der Waals surface area contributed by atoms with E-state index in [2.05, 4.69) is 6.92 Å². The second-order valence-corrected chi connectivity index (χ2v) is 5.65. The van der Waals surface area contributed by atoms with Crippen LogP contribution in [0.2, 0.25) is 0 Å². The molecule has 1 N–H and O–H groups in total. The van der Waals surface area contributed by atoms with E-state index >= 15 is 0 Å². The van der Waals surface area contributed by atoms with E-state index < -0.39 is 6.10 Å². The Bertz CT molecular complexity index is 420. The van der Waals surface area contributed by atoms with Crippen LogP contribution in [0.4, 0.5) is 5.69 Å². The van der Waals surface area contributed by atoms with E-state index in [4.69, 9.17) is 0 Å². The number of nitro benzene ring substituents is 1. The van der Waals surface area contributed by atoms with Crippen molar-refractivity contribution in [3.8, 4) is 0 Å². The summed E-state index contributed by atoms with van der Waals surface area (Å²) in [7, 11) is 0. The predicted molar refractivity (Wildman–Crippen MR) is 85.4 cm³/mol. The first-order valence-corrected chi connectivity index (χ1v) is 8.05. The minimum Gasteiger partial charge on any atom is -0.393 e. The van der Waals surface area contributed by atoms with Gasteiger partial charge in [-0.2, -0.15) is 0 Å². The van der Waals surface area contributed by atoms with Gasteiger partial charge in [0.15, 0.2) is 0 Å². The fourth-order valence-corrected chi connectivity index (χ4v) is 2.55. The van der Waals surface area contributed by atoms with Crippen LogP contribution in [-0.4, -0.2) is 16.1 Å². The quantitative estimate of drug-likeness (QED) is 0.367. The normalized spacial score (nSPS) is 12.3. The van der Waals surface area contributed by atoms with Crippen molar-refractivity contribution in [3.05, 3.63) is 39.9 Å². The van der Waals surface area contributed by atoms with Gasteiger partial charge in [-0.15, -0.1) is 0 Å². The zero-order valence-electron chi connectivity index (χ0n) is 13.0. The molecule has 0 heterocycles. The molecule has 1 unspecified atom stereocenters. The summed E-state index contributed by atoms with van der Waals surface area (Å²) in [5.41, 5.74) is 0.731. The maximum Gasteiger partial charge on any atom is 0.272 e. The van der Waals surface area contributed by atoms with Crippen molar-refractivity contribution in [1.82, 2.24) is 0 Å². The van der Waals surface area contributed by atoms with Crippen molar-refractivity contribution in [1.29, 1.82) is 0 Å². The van der Waals surface area contributed by atoms with Gasteiger partial charge in [-0.1, -0.05) is 70.1 Å². The molecular formula is C17H27NO3. The zero-order valence-corrected chi connectivity index (χ0v) is 13.0. The number of nitrogens with zero attached hydrogens (tertiary/aromatic N) is 1. The highest BCUT2D eigenvalue weighted by atomic mass is 16.6. The lowest BCUT2D eigenvalue weighted by Gasteiger charge is -2.10. The Morgan fingerprint density at radius 2 is 1.71 bits per heavy atom. The molecule has 1 atom stereocenters. The molecule has 0 saturated heterocycles. The van der Waals surface area contributed by atoms with Crippen LogP contribution in [0.3, 0.4) is 0 Å². The zero-order chi connectivity index (χ0) is 15.5. The number of para-hydroxylation sites is 1. The van der Waals surface area contributed by atoms with Crippen LogP contribution in [0.15, 0.2) is 24.3 Å². The Morgan fingerprint density at radius 3 is 2.38 bits per heavy atom. The standard InChI is InChI=1S/C17H27NO3/c1-2-3-4-5-6-7-8-12-16(19)14-15-11-9-10-13-17(15)18(20)21/h9-11,13,16,19H,2-8,12,14H2,1H3. The van der Waals surface area contributed by atoms with E-state index in [1.165, 1.54) is 38.2 Å². The Balaban J connectivity index is 2.25. The highest BCUT2D eigenvalue weighted by molar-refractivity contribution is 5.40. The third-order valence-electron chi connectivity index (χ3n) is 3.78. The van der Waals surface area contributed by atoms with Gasteiger partial charge in [-0.05, 0) is 6.42 Å². The Morgan fingerprint density at radius 1 is 1.10 bits per heavy atom. The van der Waals surface area contributed by atoms with Crippen LogP contribution in [0.5, 0.6) is 0 Å². The van der Waals surface area contributed by atoms with Crippen LogP contribution in [-0.2, 0) is 6.42 Å². The first kappa shape index (κ1) is 17.6. The van der Waals surface area contributed by atoms with Gasteiger partial charge in [0.2, 0.25) is 0 Å². The molecule has 0 fully saturated rings. The molecule has 0 aliphatic carbocycles. The van der Waals surface area contributed by atoms with Crippen molar-refractivity contribution in [2.24, 2.45) is 0 Å². The molecule has 118 valence electrons. The van der Waals surface area contributed by atoms with E-state index in [1.807, 2.05) is 0 Å². The number of hydrogen-bond acceptors (Lipinski definition) is 3. The molecule has 0 aliphatic rings. The summed E-state index contributed by atoms with van der Waals surface area (Å²) >= 11 is 0. The summed E-state index contributed by atoms with van der Waals surface area (Å²) in [6.45, 7) is 2.21. The Kier molecular flexibility index (Phi) is 8.67. The lowest BCUT2D eigenvalue weighted by atomic mass is 10.0. The van der Waals surface area contributed by atoms with Crippen molar-refractivity contribution in [2.45, 2.75) is 70.8 Å². The molecule has 1 aromatic carbocycles. The lowest BCUT2D eigenvalue weighted by Crippen LogP contribution is -2.11. The average molecular weight is 293 g/mol. The first-order chi connectivity index (χ1) is 10.1. The molecule has 0 amide bonds. The smallest absolute Gasteiger partial charge is 0.272 e. The highest BCUT2D eigenvalue weighted by Gasteiger charge is 2.15. The minimum atomic E-state index is -0.484. The van der Waals surface area contributed by atoms with Gasteiger partial charge in [-0.25, -0.2) is 0 Å². The van der Waals surface area contributed by atoms with Gasteiger partial charge in [0.25, 0.3) is 5.69 Å². The van der Waals surface area contributed by atoms with Crippen molar-refractivity contribution in [3.63, 3.8) is 0 Å². The van der Waals surface area contributed by atoms with E-state index in [9.17, 15) is 15.2 Å². The number of nitro groups is 1. The molecule has 4 nitrogen and oxygen atoms in total. The lowest BCUT2D eigenvalue weighted by molar-refractivity contribution is -0.385. The number of hydrogen-bond donors (Lipinski definition) is 1. The predicted octanol–water partition coefficient (Wildman–Crippen LogP) is 4.64. The van der Waals surface area contributed by atoms with Crippen LogP contribution in [0.1, 0.15) is 63.9 Å². The SMILES string of the molecule is CCCCCCCCCC(O)Cc1ccccc1[N+](=O)[O-]. The summed E-state index contributed by atoms with van der Waals surface area (Å²) in [6, 6.07) is 6.66. The first-order valence-electron chi connectivity index (χ1n) is 8.05. The molecule has 0 saturated carbocycles. The molecule has 0 spiro atoms. The van der Waals surface area contributed by atoms with E-state index in [0.717, 1.165) is 19.3 Å². The number of rotatable bonds is 11. The topological polar surface area (TPSA) is 63.4 Å². The second kappa shape index (κ2) is 10.3. The number of unbranched alkanes of at least 4 members (excludes halogenated alkanes) is 6. The van der Waals surface area contributed by atoms with Crippen LogP contribution in [0, 0.1) is 10.1 Å². The van der Waals surface area contributed by atoms with Crippen molar-refractivity contribution in [2.75, 3.05) is 0 Å². The third kappa shape index (κ3) is 7.23. The summed E-state index contributed by atoms with van der Waals surface area (Å²) in [4.78, 5) is 10.5. The Hall–Kier alpha value is -1.42. The fourth-order valence-electron chi connectivity index (χ4n) is 2.55. The molecule has 0 aromatic heterocycles. The van der Waals surface area contributed by atoms with Gasteiger partial charge in [0, 0.05) is 18.1 Å². The molecule has 0 bridgehead atoms. The number of benzene rings is 1. The summed E-state index contributed by atoms with van der Waals surface area (Å²) < 4.78 is 0. The maximum atomic E-state index is 10.9. The molecule has 4 heteroatoms. The largest absolute Gasteiger partial charge is 0.393 e. The van der Waals surface area contributed by atoms with Gasteiger partial charge in [0.1, 0.15) is 0 Å². The maximum absolute atomic E-state index is 10.9. The molecule has 21 heavy (non-hydrogen) atoms. The fraction of sp³-hybridized carbons (Fsp3) is 0.647.